The Morgan fingerprint density at radius 2 is 2.21 bits per heavy atom. The highest BCUT2D eigenvalue weighted by atomic mass is 19.3. The summed E-state index contributed by atoms with van der Waals surface area (Å²) in [6.07, 6.45) is -1.20. The van der Waals surface area contributed by atoms with Crippen molar-refractivity contribution < 1.29 is 13.5 Å². The summed E-state index contributed by atoms with van der Waals surface area (Å²) >= 11 is 0. The molecule has 1 atom stereocenters. The number of nitrogens with zero attached hydrogens (tertiary/aromatic N) is 1. The van der Waals surface area contributed by atoms with Crippen molar-refractivity contribution in [3.8, 4) is 5.88 Å². The van der Waals surface area contributed by atoms with E-state index in [-0.39, 0.29) is 11.4 Å². The Labute approximate surface area is 80.9 Å². The molecule has 0 aliphatic rings. The molecule has 0 aromatic carbocycles. The maximum atomic E-state index is 12.6. The van der Waals surface area contributed by atoms with Gasteiger partial charge < -0.3 is 10.5 Å². The van der Waals surface area contributed by atoms with Gasteiger partial charge in [0.15, 0.2) is 0 Å². The van der Waals surface area contributed by atoms with Crippen LogP contribution in [0.4, 0.5) is 8.78 Å². The highest BCUT2D eigenvalue weighted by Gasteiger charge is 2.35. The lowest BCUT2D eigenvalue weighted by Crippen LogP contribution is -2.41. The monoisotopic (exact) mass is 202 g/mol. The molecule has 0 amide bonds. The Morgan fingerprint density at radius 1 is 1.57 bits per heavy atom. The maximum absolute atomic E-state index is 12.6. The molecule has 5 heteroatoms. The fourth-order valence-corrected chi connectivity index (χ4v) is 1.08. The molecule has 0 bridgehead atoms. The van der Waals surface area contributed by atoms with Crippen LogP contribution in [0.15, 0.2) is 18.3 Å². The first-order valence-corrected chi connectivity index (χ1v) is 4.06. The van der Waals surface area contributed by atoms with E-state index in [1.165, 1.54) is 26.3 Å². The minimum atomic E-state index is -2.67. The Morgan fingerprint density at radius 3 is 2.71 bits per heavy atom. The summed E-state index contributed by atoms with van der Waals surface area (Å²) in [6.45, 7) is 1.25. The average molecular weight is 202 g/mol. The van der Waals surface area contributed by atoms with E-state index in [4.69, 9.17) is 10.5 Å². The first-order valence-electron chi connectivity index (χ1n) is 4.06. The van der Waals surface area contributed by atoms with Gasteiger partial charge in [0.2, 0.25) is 5.88 Å². The molecule has 2 N–H and O–H groups in total. The van der Waals surface area contributed by atoms with Crippen LogP contribution in [0.2, 0.25) is 0 Å². The molecule has 0 spiro atoms. The molecule has 14 heavy (non-hydrogen) atoms. The molecule has 0 aliphatic carbocycles. The summed E-state index contributed by atoms with van der Waals surface area (Å²) in [5.74, 6) is 0.137. The Hall–Kier alpha value is -1.23. The third-order valence-electron chi connectivity index (χ3n) is 2.00. The van der Waals surface area contributed by atoms with Gasteiger partial charge in [-0.15, -0.1) is 0 Å². The van der Waals surface area contributed by atoms with E-state index in [1.54, 1.807) is 6.07 Å². The van der Waals surface area contributed by atoms with Crippen LogP contribution in [-0.4, -0.2) is 18.5 Å². The number of hydrogen-bond donors (Lipinski definition) is 1. The van der Waals surface area contributed by atoms with Crippen LogP contribution in [-0.2, 0) is 5.54 Å². The van der Waals surface area contributed by atoms with Gasteiger partial charge in [0.1, 0.15) is 5.54 Å². The van der Waals surface area contributed by atoms with E-state index in [0.717, 1.165) is 0 Å². The van der Waals surface area contributed by atoms with E-state index in [9.17, 15) is 8.78 Å². The number of rotatable bonds is 3. The van der Waals surface area contributed by atoms with Crippen molar-refractivity contribution in [2.75, 3.05) is 7.11 Å². The third kappa shape index (κ3) is 1.82. The van der Waals surface area contributed by atoms with Crippen molar-refractivity contribution >= 4 is 0 Å². The molecule has 1 aromatic rings. The number of alkyl halides is 2. The fraction of sp³-hybridized carbons (Fsp3) is 0.444. The zero-order valence-electron chi connectivity index (χ0n) is 8.00. The molecule has 0 saturated heterocycles. The number of methoxy groups -OCH3 is 1. The summed E-state index contributed by atoms with van der Waals surface area (Å²) in [7, 11) is 1.37. The molecule has 0 aliphatic heterocycles. The second-order valence-electron chi connectivity index (χ2n) is 3.14. The fourth-order valence-electron chi connectivity index (χ4n) is 1.08. The van der Waals surface area contributed by atoms with E-state index >= 15 is 0 Å². The van der Waals surface area contributed by atoms with Crippen LogP contribution in [0.1, 0.15) is 12.5 Å². The molecule has 0 saturated carbocycles. The number of aromatic nitrogens is 1. The summed E-state index contributed by atoms with van der Waals surface area (Å²) in [5, 5.41) is 0. The molecule has 3 nitrogen and oxygen atoms in total. The SMILES string of the molecule is COc1ncccc1C(C)(N)C(F)F. The lowest BCUT2D eigenvalue weighted by molar-refractivity contribution is 0.0607. The van der Waals surface area contributed by atoms with E-state index in [1.807, 2.05) is 0 Å². The molecule has 78 valence electrons. The molecule has 1 unspecified atom stereocenters. The van der Waals surface area contributed by atoms with Gasteiger partial charge in [0.05, 0.1) is 7.11 Å². The van der Waals surface area contributed by atoms with Crippen LogP contribution < -0.4 is 10.5 Å². The van der Waals surface area contributed by atoms with Gasteiger partial charge >= 0.3 is 0 Å². The average Bonchev–Trinajstić information content (AvgIpc) is 2.17. The van der Waals surface area contributed by atoms with Crippen molar-refractivity contribution in [1.82, 2.24) is 4.98 Å². The molecule has 1 heterocycles. The molecule has 0 radical (unpaired) electrons. The van der Waals surface area contributed by atoms with Crippen molar-refractivity contribution in [3.63, 3.8) is 0 Å². The van der Waals surface area contributed by atoms with Crippen molar-refractivity contribution in [2.24, 2.45) is 5.73 Å². The second kappa shape index (κ2) is 3.88. The smallest absolute Gasteiger partial charge is 0.260 e. The zero-order valence-corrected chi connectivity index (χ0v) is 8.00. The third-order valence-corrected chi connectivity index (χ3v) is 2.00. The zero-order chi connectivity index (χ0) is 10.8. The maximum Gasteiger partial charge on any atom is 0.260 e. The van der Waals surface area contributed by atoms with Gasteiger partial charge in [-0.05, 0) is 13.0 Å². The van der Waals surface area contributed by atoms with Gasteiger partial charge in [0, 0.05) is 11.8 Å². The van der Waals surface area contributed by atoms with Crippen LogP contribution in [0, 0.1) is 0 Å². The first-order chi connectivity index (χ1) is 6.50. The lowest BCUT2D eigenvalue weighted by Gasteiger charge is -2.24. The lowest BCUT2D eigenvalue weighted by atomic mass is 9.95. The minimum Gasteiger partial charge on any atom is -0.481 e. The van der Waals surface area contributed by atoms with Crippen LogP contribution in [0.5, 0.6) is 5.88 Å². The Balaban J connectivity index is 3.17. The van der Waals surface area contributed by atoms with Gasteiger partial charge in [0.25, 0.3) is 6.43 Å². The second-order valence-corrected chi connectivity index (χ2v) is 3.14. The summed E-state index contributed by atoms with van der Waals surface area (Å²) < 4.78 is 30.1. The number of pyridine rings is 1. The molecular formula is C9H12F2N2O. The van der Waals surface area contributed by atoms with E-state index in [2.05, 4.69) is 4.98 Å². The summed E-state index contributed by atoms with van der Waals surface area (Å²) in [5.41, 5.74) is 3.96. The van der Waals surface area contributed by atoms with Gasteiger partial charge in [-0.2, -0.15) is 0 Å². The highest BCUT2D eigenvalue weighted by Crippen LogP contribution is 2.30. The summed E-state index contributed by atoms with van der Waals surface area (Å²) in [4.78, 5) is 3.81. The molecule has 0 fully saturated rings. The van der Waals surface area contributed by atoms with E-state index < -0.39 is 12.0 Å². The first kappa shape index (κ1) is 10.8. The van der Waals surface area contributed by atoms with Crippen LogP contribution >= 0.6 is 0 Å². The Bertz CT molecular complexity index is 315. The number of halogens is 2. The largest absolute Gasteiger partial charge is 0.481 e. The highest BCUT2D eigenvalue weighted by molar-refractivity contribution is 5.32. The van der Waals surface area contributed by atoms with Crippen molar-refractivity contribution in [2.45, 2.75) is 18.9 Å². The van der Waals surface area contributed by atoms with Gasteiger partial charge in [-0.1, -0.05) is 6.07 Å². The topological polar surface area (TPSA) is 48.1 Å². The standard InChI is InChI=1S/C9H12F2N2O/c1-9(12,8(10)11)6-4-3-5-13-7(6)14-2/h3-5,8H,12H2,1-2H3. The quantitative estimate of drug-likeness (QED) is 0.808. The van der Waals surface area contributed by atoms with E-state index in [0.29, 0.717) is 0 Å². The Kier molecular flexibility index (Phi) is 3.00. The van der Waals surface area contributed by atoms with Crippen molar-refractivity contribution in [3.05, 3.63) is 23.9 Å². The molecular weight excluding hydrogens is 190 g/mol. The van der Waals surface area contributed by atoms with Gasteiger partial charge in [-0.3, -0.25) is 0 Å². The summed E-state index contributed by atoms with van der Waals surface area (Å²) in [6, 6.07) is 3.03. The number of hydrogen-bond acceptors (Lipinski definition) is 3. The normalized spacial score (nSPS) is 15.3. The predicted octanol–water partition coefficient (Wildman–Crippen LogP) is 1.53. The van der Waals surface area contributed by atoms with Crippen LogP contribution in [0.3, 0.4) is 0 Å². The molecule has 1 aromatic heterocycles. The number of nitrogens with two attached hydrogens (primary N) is 1. The minimum absolute atomic E-state index is 0.137. The molecule has 1 rings (SSSR count). The van der Waals surface area contributed by atoms with Crippen LogP contribution in [0.25, 0.3) is 0 Å². The van der Waals surface area contributed by atoms with Gasteiger partial charge in [-0.25, -0.2) is 13.8 Å². The predicted molar refractivity (Wildman–Crippen MR) is 48.3 cm³/mol. The number of ether oxygens (including phenoxy) is 1. The van der Waals surface area contributed by atoms with Crippen molar-refractivity contribution in [1.29, 1.82) is 0 Å².